The van der Waals surface area contributed by atoms with Gasteiger partial charge >= 0.3 is 0 Å². The van der Waals surface area contributed by atoms with E-state index in [4.69, 9.17) is 21.4 Å². The fourth-order valence-electron chi connectivity index (χ4n) is 3.35. The third kappa shape index (κ3) is 4.77. The van der Waals surface area contributed by atoms with Crippen LogP contribution in [0, 0.1) is 10.8 Å². The number of sulfone groups is 1. The lowest BCUT2D eigenvalue weighted by Gasteiger charge is -2.29. The Labute approximate surface area is 164 Å². The molecule has 148 valence electrons. The van der Waals surface area contributed by atoms with Gasteiger partial charge in [-0.1, -0.05) is 26.0 Å². The monoisotopic (exact) mass is 411 g/mol. The zero-order chi connectivity index (χ0) is 19.6. The second-order valence-corrected chi connectivity index (χ2v) is 9.81. The number of methoxy groups -OCH3 is 1. The lowest BCUT2D eigenvalue weighted by atomic mass is 10.1. The van der Waals surface area contributed by atoms with Crippen molar-refractivity contribution < 1.29 is 17.6 Å². The summed E-state index contributed by atoms with van der Waals surface area (Å²) in [7, 11) is -1.37. The molecule has 1 saturated heterocycles. The van der Waals surface area contributed by atoms with Gasteiger partial charge in [-0.05, 0) is 36.7 Å². The number of rotatable bonds is 7. The molecular weight excluding hydrogens is 386 g/mol. The predicted octanol–water partition coefficient (Wildman–Crippen LogP) is 2.98. The van der Waals surface area contributed by atoms with Gasteiger partial charge in [-0.25, -0.2) is 13.1 Å². The summed E-state index contributed by atoms with van der Waals surface area (Å²) in [5.41, 5.74) is 0.726. The van der Waals surface area contributed by atoms with Crippen LogP contribution in [0.2, 0.25) is 0 Å². The minimum absolute atomic E-state index is 0.0225. The van der Waals surface area contributed by atoms with Crippen LogP contribution in [0.3, 0.4) is 0 Å². The van der Waals surface area contributed by atoms with Crippen LogP contribution < -0.4 is 4.74 Å². The zero-order valence-electron chi connectivity index (χ0n) is 15.8. The van der Waals surface area contributed by atoms with Gasteiger partial charge in [-0.15, -0.1) is 5.10 Å². The van der Waals surface area contributed by atoms with E-state index in [-0.39, 0.29) is 22.4 Å². The number of para-hydroxylation sites is 1. The highest BCUT2D eigenvalue weighted by Crippen LogP contribution is 2.28. The quantitative estimate of drug-likeness (QED) is 0.648. The van der Waals surface area contributed by atoms with Gasteiger partial charge in [0.25, 0.3) is 10.7 Å². The summed E-state index contributed by atoms with van der Waals surface area (Å²) >= 11 is 5.35. The Morgan fingerprint density at radius 3 is 2.78 bits per heavy atom. The summed E-state index contributed by atoms with van der Waals surface area (Å²) in [6.45, 7) is 5.38. The lowest BCUT2D eigenvalue weighted by Crippen LogP contribution is -2.40. The molecule has 2 heterocycles. The van der Waals surface area contributed by atoms with Crippen molar-refractivity contribution >= 4 is 22.1 Å². The Hall–Kier alpha value is -1.71. The molecule has 1 fully saturated rings. The van der Waals surface area contributed by atoms with Crippen molar-refractivity contribution in [3.05, 3.63) is 29.1 Å². The molecule has 7 nitrogen and oxygen atoms in total. The third-order valence-corrected chi connectivity index (χ3v) is 6.63. The molecule has 2 aromatic rings. The van der Waals surface area contributed by atoms with Crippen LogP contribution >= 0.6 is 12.2 Å². The first-order valence-electron chi connectivity index (χ1n) is 8.95. The van der Waals surface area contributed by atoms with Crippen LogP contribution in [0.5, 0.6) is 5.75 Å². The van der Waals surface area contributed by atoms with Crippen LogP contribution in [0.4, 0.5) is 0 Å². The van der Waals surface area contributed by atoms with E-state index in [1.807, 2.05) is 24.3 Å². The molecule has 1 aliphatic rings. The first kappa shape index (κ1) is 20.0. The van der Waals surface area contributed by atoms with E-state index < -0.39 is 9.84 Å². The van der Waals surface area contributed by atoms with Gasteiger partial charge < -0.3 is 9.15 Å². The van der Waals surface area contributed by atoms with Crippen LogP contribution in [-0.2, 0) is 16.5 Å². The summed E-state index contributed by atoms with van der Waals surface area (Å²) in [5, 5.41) is 4.52. The van der Waals surface area contributed by atoms with E-state index >= 15 is 0 Å². The molecule has 3 rings (SSSR count). The molecule has 0 N–H and O–H groups in total. The van der Waals surface area contributed by atoms with Crippen molar-refractivity contribution in [2.24, 2.45) is 5.92 Å². The van der Waals surface area contributed by atoms with Gasteiger partial charge in [0.1, 0.15) is 5.75 Å². The second-order valence-electron chi connectivity index (χ2n) is 7.24. The number of benzene rings is 1. The number of ether oxygens (including phenoxy) is 1. The number of hydrogen-bond donors (Lipinski definition) is 0. The molecule has 27 heavy (non-hydrogen) atoms. The van der Waals surface area contributed by atoms with Gasteiger partial charge in [-0.3, -0.25) is 4.90 Å². The molecule has 0 amide bonds. The fraction of sp³-hybridized carbons (Fsp3) is 0.556. The highest BCUT2D eigenvalue weighted by molar-refractivity contribution is 7.91. The zero-order valence-corrected chi connectivity index (χ0v) is 17.4. The fourth-order valence-corrected chi connectivity index (χ4v) is 5.29. The van der Waals surface area contributed by atoms with Crippen molar-refractivity contribution in [1.29, 1.82) is 0 Å². The molecule has 0 bridgehead atoms. The van der Waals surface area contributed by atoms with Crippen molar-refractivity contribution in [3.63, 3.8) is 0 Å². The average Bonchev–Trinajstić information content (AvgIpc) is 3.16. The predicted molar refractivity (Wildman–Crippen MR) is 106 cm³/mol. The second kappa shape index (κ2) is 8.12. The topological polar surface area (TPSA) is 77.6 Å². The van der Waals surface area contributed by atoms with Gasteiger partial charge in [0, 0.05) is 12.6 Å². The van der Waals surface area contributed by atoms with Crippen molar-refractivity contribution in [2.75, 3.05) is 25.2 Å². The Balaban J connectivity index is 1.87. The van der Waals surface area contributed by atoms with Gasteiger partial charge in [0.05, 0.1) is 30.8 Å². The molecule has 1 aromatic carbocycles. The van der Waals surface area contributed by atoms with Crippen LogP contribution in [-0.4, -0.2) is 54.3 Å². The smallest absolute Gasteiger partial charge is 0.288 e. The molecule has 0 unspecified atom stereocenters. The number of aromatic nitrogens is 2. The third-order valence-electron chi connectivity index (χ3n) is 4.58. The lowest BCUT2D eigenvalue weighted by molar-refractivity contribution is 0.136. The van der Waals surface area contributed by atoms with Crippen molar-refractivity contribution in [2.45, 2.75) is 33.0 Å². The molecule has 1 aliphatic heterocycles. The minimum Gasteiger partial charge on any atom is -0.496 e. The van der Waals surface area contributed by atoms with Gasteiger partial charge in [0.15, 0.2) is 9.84 Å². The van der Waals surface area contributed by atoms with Crippen molar-refractivity contribution in [1.82, 2.24) is 14.7 Å². The molecule has 0 saturated carbocycles. The van der Waals surface area contributed by atoms with Crippen LogP contribution in [0.15, 0.2) is 28.7 Å². The highest BCUT2D eigenvalue weighted by Gasteiger charge is 2.33. The Morgan fingerprint density at radius 1 is 1.41 bits per heavy atom. The maximum Gasteiger partial charge on any atom is 0.288 e. The highest BCUT2D eigenvalue weighted by atomic mass is 32.2. The van der Waals surface area contributed by atoms with Crippen LogP contribution in [0.25, 0.3) is 11.5 Å². The molecule has 0 spiro atoms. The first-order chi connectivity index (χ1) is 12.8. The number of nitrogens with zero attached hydrogens (tertiary/aromatic N) is 3. The largest absolute Gasteiger partial charge is 0.496 e. The molecule has 0 aliphatic carbocycles. The Morgan fingerprint density at radius 2 is 2.15 bits per heavy atom. The molecule has 0 radical (unpaired) electrons. The summed E-state index contributed by atoms with van der Waals surface area (Å²) in [6.07, 6.45) is 0.638. The van der Waals surface area contributed by atoms with E-state index in [1.54, 1.807) is 11.8 Å². The maximum absolute atomic E-state index is 11.9. The number of hydrogen-bond acceptors (Lipinski definition) is 7. The van der Waals surface area contributed by atoms with E-state index in [2.05, 4.69) is 23.8 Å². The normalized spacial score (nSPS) is 19.1. The van der Waals surface area contributed by atoms with E-state index in [0.717, 1.165) is 12.1 Å². The Bertz CT molecular complexity index is 950. The standard InChI is InChI=1S/C18H25N3O4S2/c1-13(2)10-20(14-8-9-27(22,23)11-14)12-21-18(26)25-17(19-21)15-6-4-5-7-16(15)24-3/h4-7,13-14H,8-12H2,1-3H3/t14-/m1/s1. The molecular formula is C18H25N3O4S2. The first-order valence-corrected chi connectivity index (χ1v) is 11.2. The minimum atomic E-state index is -2.96. The summed E-state index contributed by atoms with van der Waals surface area (Å²) in [5.74, 6) is 1.86. The van der Waals surface area contributed by atoms with E-state index in [0.29, 0.717) is 30.6 Å². The van der Waals surface area contributed by atoms with E-state index in [9.17, 15) is 8.42 Å². The van der Waals surface area contributed by atoms with Gasteiger partial charge in [-0.2, -0.15) is 0 Å². The summed E-state index contributed by atoms with van der Waals surface area (Å²) < 4.78 is 36.5. The molecule has 1 aromatic heterocycles. The Kier molecular flexibility index (Phi) is 6.02. The average molecular weight is 412 g/mol. The summed E-state index contributed by atoms with van der Waals surface area (Å²) in [6, 6.07) is 7.43. The SMILES string of the molecule is COc1ccccc1-c1nn(CN(CC(C)C)[C@@H]2CCS(=O)(=O)C2)c(=S)o1. The summed E-state index contributed by atoms with van der Waals surface area (Å²) in [4.78, 5) is 2.39. The molecule has 9 heteroatoms. The van der Waals surface area contributed by atoms with Crippen LogP contribution in [0.1, 0.15) is 20.3 Å². The molecule has 1 atom stereocenters. The van der Waals surface area contributed by atoms with E-state index in [1.165, 1.54) is 0 Å². The van der Waals surface area contributed by atoms with Gasteiger partial charge in [0.2, 0.25) is 0 Å². The van der Waals surface area contributed by atoms with Crippen molar-refractivity contribution in [3.8, 4) is 17.2 Å². The maximum atomic E-state index is 11.9.